The Bertz CT molecular complexity index is 149. The Hall–Kier alpha value is 0.150. The van der Waals surface area contributed by atoms with Crippen LogP contribution in [0, 0.1) is 0 Å². The molecule has 62 valence electrons. The Morgan fingerprint density at radius 3 is 2.20 bits per heavy atom. The van der Waals surface area contributed by atoms with Crippen LogP contribution in [-0.4, -0.2) is 28.8 Å². The van der Waals surface area contributed by atoms with Gasteiger partial charge in [0.1, 0.15) is 0 Å². The largest absolute Gasteiger partial charge is 0.306 e. The molecule has 0 aromatic rings. The molecule has 0 aromatic carbocycles. The van der Waals surface area contributed by atoms with Gasteiger partial charge in [0.15, 0.2) is 22.2 Å². The molecule has 3 unspecified atom stereocenters. The molecular formula is C3H7FO4S2. The number of rotatable bonds is 4. The van der Waals surface area contributed by atoms with Crippen molar-refractivity contribution in [3.05, 3.63) is 0 Å². The molecule has 0 heterocycles. The van der Waals surface area contributed by atoms with Gasteiger partial charge in [0.2, 0.25) is 5.50 Å². The molecule has 2 N–H and O–H groups in total. The first-order valence-corrected chi connectivity index (χ1v) is 4.80. The van der Waals surface area contributed by atoms with Crippen molar-refractivity contribution in [3.8, 4) is 0 Å². The Balaban J connectivity index is 3.49. The highest BCUT2D eigenvalue weighted by molar-refractivity contribution is 7.80. The predicted molar refractivity (Wildman–Crippen MR) is 35.9 cm³/mol. The lowest BCUT2D eigenvalue weighted by molar-refractivity contribution is 0.399. The maximum atomic E-state index is 12.1. The van der Waals surface area contributed by atoms with Gasteiger partial charge in [-0.15, -0.1) is 0 Å². The van der Waals surface area contributed by atoms with E-state index in [4.69, 9.17) is 9.11 Å². The molecule has 0 aromatic heterocycles. The zero-order valence-electron chi connectivity index (χ0n) is 4.90. The maximum Gasteiger partial charge on any atom is 0.201 e. The smallest absolute Gasteiger partial charge is 0.201 e. The number of hydrogen-bond donors (Lipinski definition) is 2. The van der Waals surface area contributed by atoms with Crippen LogP contribution in [0.3, 0.4) is 0 Å². The maximum absolute atomic E-state index is 12.1. The SMILES string of the molecule is O=S(O)CCC(F)S(=O)O. The molecule has 0 rings (SSSR count). The summed E-state index contributed by atoms with van der Waals surface area (Å²) in [6.45, 7) is 0. The van der Waals surface area contributed by atoms with E-state index < -0.39 is 27.7 Å². The Morgan fingerprint density at radius 2 is 1.90 bits per heavy atom. The summed E-state index contributed by atoms with van der Waals surface area (Å²) in [5.74, 6) is -0.312. The summed E-state index contributed by atoms with van der Waals surface area (Å²) in [4.78, 5) is 0. The van der Waals surface area contributed by atoms with Crippen molar-refractivity contribution in [1.82, 2.24) is 0 Å². The van der Waals surface area contributed by atoms with Crippen molar-refractivity contribution in [1.29, 1.82) is 0 Å². The molecule has 0 aliphatic carbocycles. The Kier molecular flexibility index (Phi) is 4.96. The summed E-state index contributed by atoms with van der Waals surface area (Å²) in [6, 6.07) is 0. The van der Waals surface area contributed by atoms with Crippen LogP contribution in [0.1, 0.15) is 6.42 Å². The highest BCUT2D eigenvalue weighted by Crippen LogP contribution is 2.01. The van der Waals surface area contributed by atoms with E-state index in [2.05, 4.69) is 0 Å². The molecule has 3 atom stereocenters. The lowest BCUT2D eigenvalue weighted by atomic mass is 10.5. The van der Waals surface area contributed by atoms with Crippen molar-refractivity contribution in [2.75, 3.05) is 5.75 Å². The van der Waals surface area contributed by atoms with Crippen molar-refractivity contribution in [3.63, 3.8) is 0 Å². The van der Waals surface area contributed by atoms with Crippen LogP contribution < -0.4 is 0 Å². The quantitative estimate of drug-likeness (QED) is 0.617. The molecule has 0 radical (unpaired) electrons. The Morgan fingerprint density at radius 1 is 1.40 bits per heavy atom. The second-order valence-corrected chi connectivity index (χ2v) is 3.62. The lowest BCUT2D eigenvalue weighted by Gasteiger charge is -1.98. The molecule has 7 heteroatoms. The zero-order chi connectivity index (χ0) is 8.15. The fourth-order valence-electron chi connectivity index (χ4n) is 0.294. The van der Waals surface area contributed by atoms with Crippen molar-refractivity contribution in [2.24, 2.45) is 0 Å². The average molecular weight is 190 g/mol. The first-order valence-electron chi connectivity index (χ1n) is 2.35. The van der Waals surface area contributed by atoms with E-state index in [1.807, 2.05) is 0 Å². The van der Waals surface area contributed by atoms with Gasteiger partial charge in [-0.25, -0.2) is 12.8 Å². The normalized spacial score (nSPS) is 19.9. The molecular weight excluding hydrogens is 183 g/mol. The molecule has 0 aliphatic rings. The monoisotopic (exact) mass is 190 g/mol. The van der Waals surface area contributed by atoms with Crippen molar-refractivity contribution in [2.45, 2.75) is 11.9 Å². The summed E-state index contributed by atoms with van der Waals surface area (Å²) in [5.41, 5.74) is -1.92. The van der Waals surface area contributed by atoms with Gasteiger partial charge in [-0.3, -0.25) is 0 Å². The number of hydrogen-bond acceptors (Lipinski definition) is 2. The van der Waals surface area contributed by atoms with E-state index in [0.29, 0.717) is 0 Å². The Labute approximate surface area is 62.4 Å². The number of alkyl halides is 1. The van der Waals surface area contributed by atoms with Crippen LogP contribution in [-0.2, 0) is 22.2 Å². The van der Waals surface area contributed by atoms with Gasteiger partial charge in [0.25, 0.3) is 0 Å². The average Bonchev–Trinajstić information content (AvgIpc) is 1.82. The fourth-order valence-corrected chi connectivity index (χ4v) is 1.17. The van der Waals surface area contributed by atoms with Crippen LogP contribution in [0.5, 0.6) is 0 Å². The molecule has 10 heavy (non-hydrogen) atoms. The molecule has 4 nitrogen and oxygen atoms in total. The van der Waals surface area contributed by atoms with Crippen LogP contribution >= 0.6 is 0 Å². The summed E-state index contributed by atoms with van der Waals surface area (Å²) in [5, 5.41) is 0. The van der Waals surface area contributed by atoms with E-state index in [1.165, 1.54) is 0 Å². The second kappa shape index (κ2) is 4.89. The molecule has 0 fully saturated rings. The van der Waals surface area contributed by atoms with Crippen LogP contribution in [0.4, 0.5) is 4.39 Å². The first-order chi connectivity index (χ1) is 4.54. The second-order valence-electron chi connectivity index (χ2n) is 1.50. The molecule has 0 saturated carbocycles. The summed E-state index contributed by atoms with van der Waals surface area (Å²) >= 11 is -4.63. The van der Waals surface area contributed by atoms with Gasteiger partial charge >= 0.3 is 0 Å². The molecule has 0 saturated heterocycles. The van der Waals surface area contributed by atoms with E-state index in [-0.39, 0.29) is 12.2 Å². The lowest BCUT2D eigenvalue weighted by Crippen LogP contribution is -2.11. The first kappa shape index (κ1) is 10.2. The van der Waals surface area contributed by atoms with Crippen LogP contribution in [0.2, 0.25) is 0 Å². The van der Waals surface area contributed by atoms with Crippen molar-refractivity contribution < 1.29 is 21.9 Å². The van der Waals surface area contributed by atoms with Crippen LogP contribution in [0.15, 0.2) is 0 Å². The fraction of sp³-hybridized carbons (Fsp3) is 1.00. The van der Waals surface area contributed by atoms with Crippen LogP contribution in [0.25, 0.3) is 0 Å². The van der Waals surface area contributed by atoms with Gasteiger partial charge in [0.05, 0.1) is 5.75 Å². The third-order valence-electron chi connectivity index (χ3n) is 0.738. The van der Waals surface area contributed by atoms with E-state index in [9.17, 15) is 12.8 Å². The minimum Gasteiger partial charge on any atom is -0.306 e. The van der Waals surface area contributed by atoms with Gasteiger partial charge in [-0.05, 0) is 0 Å². The van der Waals surface area contributed by atoms with E-state index >= 15 is 0 Å². The van der Waals surface area contributed by atoms with Crippen molar-refractivity contribution >= 4 is 22.2 Å². The highest BCUT2D eigenvalue weighted by Gasteiger charge is 2.13. The van der Waals surface area contributed by atoms with Gasteiger partial charge < -0.3 is 9.11 Å². The van der Waals surface area contributed by atoms with E-state index in [0.717, 1.165) is 0 Å². The summed E-state index contributed by atoms with van der Waals surface area (Å²) < 4.78 is 48.0. The minimum atomic E-state index is -2.54. The number of halogens is 1. The zero-order valence-corrected chi connectivity index (χ0v) is 6.53. The van der Waals surface area contributed by atoms with Gasteiger partial charge in [0, 0.05) is 6.42 Å². The molecule has 0 spiro atoms. The third kappa shape index (κ3) is 4.98. The third-order valence-corrected chi connectivity index (χ3v) is 2.00. The highest BCUT2D eigenvalue weighted by atomic mass is 32.2. The molecule has 0 amide bonds. The summed E-state index contributed by atoms with van der Waals surface area (Å²) in [6.07, 6.45) is -0.369. The van der Waals surface area contributed by atoms with E-state index in [1.54, 1.807) is 0 Å². The predicted octanol–water partition coefficient (Wildman–Crippen LogP) is 0.116. The topological polar surface area (TPSA) is 74.6 Å². The molecule has 0 aliphatic heterocycles. The van der Waals surface area contributed by atoms with Gasteiger partial charge in [-0.1, -0.05) is 0 Å². The molecule has 0 bridgehead atoms. The standard InChI is InChI=1S/C3H7FO4S2/c4-3(10(7)8)1-2-9(5)6/h3H,1-2H2,(H,5,6)(H,7,8). The van der Waals surface area contributed by atoms with Gasteiger partial charge in [-0.2, -0.15) is 0 Å². The minimum absolute atomic E-state index is 0.312. The summed E-state index contributed by atoms with van der Waals surface area (Å²) in [7, 11) is 0.